The van der Waals surface area contributed by atoms with E-state index in [2.05, 4.69) is 11.8 Å². The molecule has 2 aromatic carbocycles. The minimum absolute atomic E-state index is 0.154. The zero-order chi connectivity index (χ0) is 21.5. The Hall–Kier alpha value is -4.25. The maximum absolute atomic E-state index is 12.9. The molecule has 0 saturated heterocycles. The molecule has 0 bridgehead atoms. The molecule has 0 aliphatic carbocycles. The zero-order valence-corrected chi connectivity index (χ0v) is 15.9. The average molecular weight is 408 g/mol. The number of benzene rings is 2. The molecule has 3 aromatic rings. The van der Waals surface area contributed by atoms with Crippen molar-refractivity contribution >= 4 is 12.0 Å². The van der Waals surface area contributed by atoms with Crippen molar-refractivity contribution in [3.8, 4) is 23.5 Å². The number of halogens is 1. The predicted octanol–water partition coefficient (Wildman–Crippen LogP) is 4.10. The third kappa shape index (κ3) is 5.39. The van der Waals surface area contributed by atoms with Crippen molar-refractivity contribution in [2.75, 3.05) is 0 Å². The predicted molar refractivity (Wildman–Crippen MR) is 105 cm³/mol. The van der Waals surface area contributed by atoms with Crippen LogP contribution >= 0.6 is 0 Å². The smallest absolute Gasteiger partial charge is 0.363 e. The van der Waals surface area contributed by atoms with E-state index >= 15 is 0 Å². The lowest BCUT2D eigenvalue weighted by molar-refractivity contribution is -0.0809. The van der Waals surface area contributed by atoms with E-state index in [1.807, 2.05) is 0 Å². The van der Waals surface area contributed by atoms with Crippen molar-refractivity contribution in [2.45, 2.75) is 13.0 Å². The van der Waals surface area contributed by atoms with Crippen LogP contribution in [0.25, 0.3) is 0 Å². The summed E-state index contributed by atoms with van der Waals surface area (Å²) in [6, 6.07) is 14.9. The van der Waals surface area contributed by atoms with Crippen LogP contribution < -0.4 is 10.5 Å². The van der Waals surface area contributed by atoms with Gasteiger partial charge in [-0.15, -0.1) is 5.06 Å². The summed E-state index contributed by atoms with van der Waals surface area (Å²) in [7, 11) is 0. The van der Waals surface area contributed by atoms with E-state index in [0.29, 0.717) is 10.8 Å². The van der Waals surface area contributed by atoms with E-state index < -0.39 is 18.0 Å². The Kier molecular flexibility index (Phi) is 6.35. The Labute approximate surface area is 171 Å². The van der Waals surface area contributed by atoms with Crippen LogP contribution in [0.15, 0.2) is 71.1 Å². The van der Waals surface area contributed by atoms with Gasteiger partial charge in [-0.3, -0.25) is 0 Å². The molecule has 0 aliphatic rings. The Morgan fingerprint density at radius 3 is 2.43 bits per heavy atom. The summed E-state index contributed by atoms with van der Waals surface area (Å²) in [4.78, 5) is 28.9. The van der Waals surface area contributed by atoms with Crippen LogP contribution in [-0.2, 0) is 4.84 Å². The molecule has 0 saturated carbocycles. The summed E-state index contributed by atoms with van der Waals surface area (Å²) in [6.07, 6.45) is 0. The number of nitrogens with zero attached hydrogens (tertiary/aromatic N) is 1. The molecule has 1 unspecified atom stereocenters. The van der Waals surface area contributed by atoms with Gasteiger partial charge in [-0.2, -0.15) is 0 Å². The number of hydroxylamine groups is 2. The van der Waals surface area contributed by atoms with Gasteiger partial charge in [0.25, 0.3) is 5.95 Å². The molecule has 1 aromatic heterocycles. The number of urea groups is 1. The minimum atomic E-state index is -0.971. The van der Waals surface area contributed by atoms with Gasteiger partial charge in [0.15, 0.2) is 5.76 Å². The van der Waals surface area contributed by atoms with Crippen LogP contribution in [0.1, 0.15) is 23.0 Å². The summed E-state index contributed by atoms with van der Waals surface area (Å²) in [5.41, 5.74) is 5.57. The average Bonchev–Trinajstić information content (AvgIpc) is 3.19. The molecule has 152 valence electrons. The SMILES string of the molecule is CC(C#Cc1ccc(Oc2ccc(F)cc2)o1)N(OC(=O)c1ccccc1)C(N)=O. The topological polar surface area (TPSA) is 95.0 Å². The summed E-state index contributed by atoms with van der Waals surface area (Å²) in [5, 5.41) is 0.682. The fraction of sp³-hybridized carbons (Fsp3) is 0.0909. The van der Waals surface area contributed by atoms with E-state index in [0.717, 1.165) is 0 Å². The lowest BCUT2D eigenvalue weighted by atomic mass is 10.2. The molecule has 2 amide bonds. The number of hydrogen-bond donors (Lipinski definition) is 1. The van der Waals surface area contributed by atoms with E-state index in [-0.39, 0.29) is 23.1 Å². The number of amides is 2. The van der Waals surface area contributed by atoms with Crippen molar-refractivity contribution < 1.29 is 28.0 Å². The van der Waals surface area contributed by atoms with Gasteiger partial charge in [-0.25, -0.2) is 14.0 Å². The highest BCUT2D eigenvalue weighted by Crippen LogP contribution is 2.23. The largest absolute Gasteiger partial charge is 0.426 e. The first-order valence-electron chi connectivity index (χ1n) is 8.83. The first kappa shape index (κ1) is 20.5. The summed E-state index contributed by atoms with van der Waals surface area (Å²) in [6.45, 7) is 1.54. The summed E-state index contributed by atoms with van der Waals surface area (Å²) >= 11 is 0. The number of hydrogen-bond acceptors (Lipinski definition) is 5. The quantitative estimate of drug-likeness (QED) is 0.518. The highest BCUT2D eigenvalue weighted by Gasteiger charge is 2.22. The van der Waals surface area contributed by atoms with Gasteiger partial charge >= 0.3 is 12.0 Å². The number of nitrogens with two attached hydrogens (primary N) is 1. The maximum Gasteiger partial charge on any atom is 0.363 e. The standard InChI is InChI=1S/C22H17FN2O5/c1-15(25(22(24)27)30-21(26)16-5-3-2-4-6-16)7-10-18-13-14-20(28-18)29-19-11-8-17(23)9-12-19/h2-6,8-9,11-15H,1H3,(H2,24,27). The van der Waals surface area contributed by atoms with Crippen LogP contribution in [-0.4, -0.2) is 23.1 Å². The van der Waals surface area contributed by atoms with Gasteiger partial charge in [-0.05, 0) is 55.3 Å². The van der Waals surface area contributed by atoms with E-state index in [9.17, 15) is 14.0 Å². The van der Waals surface area contributed by atoms with Crippen molar-refractivity contribution in [1.82, 2.24) is 5.06 Å². The van der Waals surface area contributed by atoms with Gasteiger partial charge < -0.3 is 19.7 Å². The lowest BCUT2D eigenvalue weighted by Crippen LogP contribution is -2.43. The Morgan fingerprint density at radius 2 is 1.77 bits per heavy atom. The van der Waals surface area contributed by atoms with Crippen LogP contribution in [0, 0.1) is 17.7 Å². The minimum Gasteiger partial charge on any atom is -0.426 e. The molecule has 0 aliphatic heterocycles. The van der Waals surface area contributed by atoms with Crippen LogP contribution in [0.5, 0.6) is 11.7 Å². The van der Waals surface area contributed by atoms with Gasteiger partial charge in [0.05, 0.1) is 5.56 Å². The highest BCUT2D eigenvalue weighted by molar-refractivity contribution is 5.90. The summed E-state index contributed by atoms with van der Waals surface area (Å²) in [5.74, 6) is 5.11. The maximum atomic E-state index is 12.9. The molecule has 0 radical (unpaired) electrons. The van der Waals surface area contributed by atoms with Crippen molar-refractivity contribution in [3.63, 3.8) is 0 Å². The molecule has 8 heteroatoms. The molecular weight excluding hydrogens is 391 g/mol. The molecule has 1 heterocycles. The number of carbonyl (C=O) groups excluding carboxylic acids is 2. The van der Waals surface area contributed by atoms with Crippen molar-refractivity contribution in [2.24, 2.45) is 5.73 Å². The van der Waals surface area contributed by atoms with Gasteiger partial charge in [0.1, 0.15) is 17.6 Å². The number of rotatable bonds is 4. The molecule has 7 nitrogen and oxygen atoms in total. The number of ether oxygens (including phenoxy) is 1. The second-order valence-corrected chi connectivity index (χ2v) is 6.03. The zero-order valence-electron chi connectivity index (χ0n) is 15.9. The fourth-order valence-electron chi connectivity index (χ4n) is 2.33. The third-order valence-electron chi connectivity index (χ3n) is 3.78. The summed E-state index contributed by atoms with van der Waals surface area (Å²) < 4.78 is 23.8. The van der Waals surface area contributed by atoms with Crippen LogP contribution in [0.2, 0.25) is 0 Å². The number of furan rings is 1. The Bertz CT molecular complexity index is 1080. The van der Waals surface area contributed by atoms with Gasteiger partial charge in [0, 0.05) is 6.07 Å². The first-order valence-corrected chi connectivity index (χ1v) is 8.83. The van der Waals surface area contributed by atoms with E-state index in [1.54, 1.807) is 42.5 Å². The van der Waals surface area contributed by atoms with Crippen molar-refractivity contribution in [1.29, 1.82) is 0 Å². The highest BCUT2D eigenvalue weighted by atomic mass is 19.1. The molecule has 0 spiro atoms. The van der Waals surface area contributed by atoms with Gasteiger partial charge in [-0.1, -0.05) is 24.1 Å². The second kappa shape index (κ2) is 9.30. The Morgan fingerprint density at radius 1 is 1.07 bits per heavy atom. The number of primary amides is 1. The van der Waals surface area contributed by atoms with E-state index in [4.69, 9.17) is 19.7 Å². The molecule has 1 atom stereocenters. The molecule has 2 N–H and O–H groups in total. The van der Waals surface area contributed by atoms with E-state index in [1.165, 1.54) is 31.2 Å². The van der Waals surface area contributed by atoms with Crippen LogP contribution in [0.3, 0.4) is 0 Å². The monoisotopic (exact) mass is 408 g/mol. The second-order valence-electron chi connectivity index (χ2n) is 6.03. The molecule has 3 rings (SSSR count). The molecule has 30 heavy (non-hydrogen) atoms. The number of carbonyl (C=O) groups is 2. The third-order valence-corrected chi connectivity index (χ3v) is 3.78. The molecular formula is C22H17FN2O5. The fourth-order valence-corrected chi connectivity index (χ4v) is 2.33. The first-order chi connectivity index (χ1) is 14.4. The normalized spacial score (nSPS) is 11.0. The molecule has 0 fully saturated rings. The Balaban J connectivity index is 1.66. The van der Waals surface area contributed by atoms with Crippen molar-refractivity contribution in [3.05, 3.63) is 83.9 Å². The van der Waals surface area contributed by atoms with Gasteiger partial charge in [0.2, 0.25) is 0 Å². The lowest BCUT2D eigenvalue weighted by Gasteiger charge is -2.21. The van der Waals surface area contributed by atoms with Crippen LogP contribution in [0.4, 0.5) is 9.18 Å².